The van der Waals surface area contributed by atoms with Gasteiger partial charge in [-0.3, -0.25) is 14.4 Å². The highest BCUT2D eigenvalue weighted by Gasteiger charge is 2.61. The van der Waals surface area contributed by atoms with Gasteiger partial charge in [-0.25, -0.2) is 23.9 Å². The third kappa shape index (κ3) is 7.14. The first-order valence-corrected chi connectivity index (χ1v) is 17.3. The summed E-state index contributed by atoms with van der Waals surface area (Å²) in [5.74, 6) is -2.71. The van der Waals surface area contributed by atoms with Crippen molar-refractivity contribution in [3.63, 3.8) is 0 Å². The van der Waals surface area contributed by atoms with E-state index < -0.39 is 58.7 Å². The zero-order chi connectivity index (χ0) is 34.9. The summed E-state index contributed by atoms with van der Waals surface area (Å²) in [5, 5.41) is 28.0. The van der Waals surface area contributed by atoms with Gasteiger partial charge in [-0.05, 0) is 63.3 Å². The molecule has 3 aromatic heterocycles. The fraction of sp³-hybridized carbons (Fsp3) is 0.515. The first-order valence-electron chi connectivity index (χ1n) is 16.4. The molecule has 3 aromatic rings. The normalized spacial score (nSPS) is 26.1. The van der Waals surface area contributed by atoms with E-state index in [0.717, 1.165) is 19.3 Å². The van der Waals surface area contributed by atoms with Gasteiger partial charge in [-0.2, -0.15) is 21.5 Å². The van der Waals surface area contributed by atoms with E-state index in [1.54, 1.807) is 26.8 Å². The Bertz CT molecular complexity index is 1800. The van der Waals surface area contributed by atoms with Gasteiger partial charge >= 0.3 is 12.1 Å². The van der Waals surface area contributed by atoms with Gasteiger partial charge in [-0.1, -0.05) is 25.0 Å². The third-order valence-electron chi connectivity index (χ3n) is 9.13. The molecule has 0 aromatic carbocycles. The van der Waals surface area contributed by atoms with Crippen LogP contribution in [0, 0.1) is 5.92 Å². The number of allylic oxidation sites excluding steroid dienone is 1. The predicted molar refractivity (Wildman–Crippen MR) is 178 cm³/mol. The molecule has 1 saturated heterocycles. The topological polar surface area (TPSA) is 191 Å². The lowest BCUT2D eigenvalue weighted by atomic mass is 10.0. The molecule has 3 N–H and O–H groups in total. The highest BCUT2D eigenvalue weighted by Crippen LogP contribution is 2.45. The van der Waals surface area contributed by atoms with Crippen LogP contribution in [-0.4, -0.2) is 88.2 Å². The minimum Gasteiger partial charge on any atom is -0.479 e. The molecule has 49 heavy (non-hydrogen) atoms. The molecular weight excluding hydrogens is 652 g/mol. The molecule has 0 unspecified atom stereocenters. The van der Waals surface area contributed by atoms with E-state index in [0.29, 0.717) is 29.7 Å². The molecule has 2 aliphatic heterocycles. The Labute approximate surface area is 286 Å². The fourth-order valence-corrected chi connectivity index (χ4v) is 7.25. The maximum absolute atomic E-state index is 14.4. The van der Waals surface area contributed by atoms with Crippen molar-refractivity contribution in [1.29, 1.82) is 0 Å². The molecule has 2 fully saturated rings. The Balaban J connectivity index is 1.38. The van der Waals surface area contributed by atoms with Gasteiger partial charge in [0.2, 0.25) is 11.8 Å². The van der Waals surface area contributed by atoms with Crippen LogP contribution in [0.2, 0.25) is 0 Å². The Morgan fingerprint density at radius 1 is 1.16 bits per heavy atom. The highest BCUT2D eigenvalue weighted by atomic mass is 32.1. The number of thiophene rings is 1. The summed E-state index contributed by atoms with van der Waals surface area (Å²) in [6, 6.07) is -1.10. The number of aromatic nitrogens is 5. The quantitative estimate of drug-likeness (QED) is 0.335. The number of fused-ring (bicyclic) bond motifs is 2. The molecule has 0 spiro atoms. The van der Waals surface area contributed by atoms with E-state index in [1.807, 2.05) is 22.9 Å². The van der Waals surface area contributed by atoms with Crippen LogP contribution in [0.4, 0.5) is 4.79 Å². The number of nitrogens with zero attached hydrogens (tertiary/aromatic N) is 6. The molecule has 1 saturated carbocycles. The van der Waals surface area contributed by atoms with Crippen molar-refractivity contribution < 1.29 is 29.0 Å². The van der Waals surface area contributed by atoms with E-state index >= 15 is 0 Å². The number of carbonyl (C=O) groups excluding carboxylic acids is 3. The zero-order valence-corrected chi connectivity index (χ0v) is 28.4. The van der Waals surface area contributed by atoms with Gasteiger partial charge in [0.25, 0.3) is 5.56 Å². The van der Waals surface area contributed by atoms with Crippen LogP contribution < -0.4 is 16.2 Å². The first kappa shape index (κ1) is 34.0. The molecule has 3 aliphatic rings. The Morgan fingerprint density at radius 3 is 2.67 bits per heavy atom. The first-order chi connectivity index (χ1) is 23.4. The number of hydrogen-bond donors (Lipinski definition) is 3. The number of alkyl carbamates (subject to hydrolysis) is 1. The predicted octanol–water partition coefficient (Wildman–Crippen LogP) is 3.07. The van der Waals surface area contributed by atoms with Crippen LogP contribution in [0.5, 0.6) is 0 Å². The number of carboxylic acid groups (broad SMARTS) is 1. The van der Waals surface area contributed by atoms with Crippen LogP contribution >= 0.6 is 11.3 Å². The molecule has 6 rings (SSSR count). The molecule has 15 nitrogen and oxygen atoms in total. The maximum Gasteiger partial charge on any atom is 0.408 e. The maximum atomic E-state index is 14.4. The van der Waals surface area contributed by atoms with Crippen LogP contribution in [-0.2, 0) is 19.1 Å². The monoisotopic (exact) mass is 692 g/mol. The summed E-state index contributed by atoms with van der Waals surface area (Å²) in [5.41, 5.74) is -1.37. The minimum atomic E-state index is -1.49. The molecule has 0 bridgehead atoms. The number of carbonyl (C=O) groups is 4. The van der Waals surface area contributed by atoms with Gasteiger partial charge in [0.1, 0.15) is 35.9 Å². The van der Waals surface area contributed by atoms with Crippen LogP contribution in [0.3, 0.4) is 0 Å². The molecule has 1 aliphatic carbocycles. The van der Waals surface area contributed by atoms with E-state index in [2.05, 4.69) is 25.8 Å². The van der Waals surface area contributed by atoms with Crippen molar-refractivity contribution in [1.82, 2.24) is 40.1 Å². The van der Waals surface area contributed by atoms with Gasteiger partial charge in [0.15, 0.2) is 0 Å². The number of carboxylic acids is 1. The van der Waals surface area contributed by atoms with Crippen molar-refractivity contribution in [2.24, 2.45) is 5.92 Å². The number of rotatable bonds is 5. The van der Waals surface area contributed by atoms with Gasteiger partial charge in [0, 0.05) is 24.4 Å². The van der Waals surface area contributed by atoms with Crippen molar-refractivity contribution in [3.05, 3.63) is 58.2 Å². The van der Waals surface area contributed by atoms with Gasteiger partial charge in [0.05, 0.1) is 23.5 Å². The molecule has 5 atom stereocenters. The number of hydrogen-bond acceptors (Lipinski definition) is 10. The van der Waals surface area contributed by atoms with E-state index in [1.165, 1.54) is 44.5 Å². The summed E-state index contributed by atoms with van der Waals surface area (Å²) in [6.07, 6.45) is 10.7. The summed E-state index contributed by atoms with van der Waals surface area (Å²) < 4.78 is 8.18. The fourth-order valence-electron chi connectivity index (χ4n) is 6.61. The standard InChI is InChI=1S/C33H40N8O7S/c1-32(2,3)48-31(47)37-23-10-8-6-4-5-7-9-21-14-33(21,30(45)46)38-27(42)24-13-22(16-39(24)28(23)43)41-29(44)26(20-11-12-49-17-20)25(15-35-41)40-19-34-18-36-40/h7,9,11-12,15,17-19,21-24H,4-6,8,10,13-14,16H2,1-3H3,(H,37,47)(H,38,42)(H,45,46)/t21-,22-,23+,24+,33-/m1/s1. The Morgan fingerprint density at radius 2 is 1.98 bits per heavy atom. The number of ether oxygens (including phenoxy) is 1. The third-order valence-corrected chi connectivity index (χ3v) is 9.82. The molecular formula is C33H40N8O7S. The average Bonchev–Trinajstić information content (AvgIpc) is 3.56. The van der Waals surface area contributed by atoms with Crippen LogP contribution in [0.1, 0.15) is 71.8 Å². The summed E-state index contributed by atoms with van der Waals surface area (Å²) in [4.78, 5) is 73.3. The van der Waals surface area contributed by atoms with Crippen molar-refractivity contribution in [2.45, 2.75) is 95.0 Å². The number of amides is 3. The van der Waals surface area contributed by atoms with Gasteiger partial charge in [-0.15, -0.1) is 0 Å². The minimum absolute atomic E-state index is 0.00834. The van der Waals surface area contributed by atoms with E-state index in [9.17, 15) is 29.1 Å². The summed E-state index contributed by atoms with van der Waals surface area (Å²) >= 11 is 1.42. The smallest absolute Gasteiger partial charge is 0.408 e. The largest absolute Gasteiger partial charge is 0.479 e. The van der Waals surface area contributed by atoms with E-state index in [-0.39, 0.29) is 25.3 Å². The number of aliphatic carboxylic acids is 1. The summed E-state index contributed by atoms with van der Waals surface area (Å²) in [7, 11) is 0. The second-order valence-electron chi connectivity index (χ2n) is 13.7. The van der Waals surface area contributed by atoms with Crippen molar-refractivity contribution in [2.75, 3.05) is 6.54 Å². The Kier molecular flexibility index (Phi) is 9.42. The zero-order valence-electron chi connectivity index (χ0n) is 27.6. The second kappa shape index (κ2) is 13.6. The highest BCUT2D eigenvalue weighted by molar-refractivity contribution is 7.08. The summed E-state index contributed by atoms with van der Waals surface area (Å²) in [6.45, 7) is 5.08. The lowest BCUT2D eigenvalue weighted by Gasteiger charge is -2.30. The molecule has 5 heterocycles. The van der Waals surface area contributed by atoms with Crippen molar-refractivity contribution in [3.8, 4) is 16.8 Å². The average molecular weight is 693 g/mol. The molecule has 16 heteroatoms. The second-order valence-corrected chi connectivity index (χ2v) is 14.5. The molecule has 260 valence electrons. The van der Waals surface area contributed by atoms with Gasteiger partial charge < -0.3 is 25.4 Å². The van der Waals surface area contributed by atoms with E-state index in [4.69, 9.17) is 4.74 Å². The number of nitrogens with one attached hydrogen (secondary N) is 2. The lowest BCUT2D eigenvalue weighted by Crippen LogP contribution is -2.56. The Hall–Kier alpha value is -4.86. The molecule has 0 radical (unpaired) electrons. The van der Waals surface area contributed by atoms with Crippen LogP contribution in [0.25, 0.3) is 16.8 Å². The van der Waals surface area contributed by atoms with Crippen LogP contribution in [0.15, 0.2) is 52.6 Å². The lowest BCUT2D eigenvalue weighted by molar-refractivity contribution is -0.145. The molecule has 3 amide bonds. The van der Waals surface area contributed by atoms with Crippen molar-refractivity contribution >= 4 is 35.2 Å². The SMILES string of the molecule is CC(C)(C)OC(=O)N[C@H]1CCCCCC=C[C@@H]2C[C@@]2(C(=O)O)NC(=O)[C@@H]2C[C@@H](n3ncc(-n4cncn4)c(-c4ccsc4)c3=O)CN2C1=O.